The first-order chi connectivity index (χ1) is 17.3. The monoisotopic (exact) mass is 516 g/mol. The van der Waals surface area contributed by atoms with Gasteiger partial charge in [0.15, 0.2) is 0 Å². The second-order valence-electron chi connectivity index (χ2n) is 9.57. The van der Waals surface area contributed by atoms with Gasteiger partial charge in [-0.1, -0.05) is 11.6 Å². The van der Waals surface area contributed by atoms with Crippen molar-refractivity contribution in [3.05, 3.63) is 70.4 Å². The van der Waals surface area contributed by atoms with E-state index in [0.717, 1.165) is 66.9 Å². The molecular formula is C28H31ClF2N2O3. The lowest BCUT2D eigenvalue weighted by Crippen LogP contribution is -2.44. The van der Waals surface area contributed by atoms with Crippen LogP contribution in [0.5, 0.6) is 5.75 Å². The minimum Gasteiger partial charge on any atom is -0.497 e. The maximum atomic E-state index is 13.6. The Balaban J connectivity index is 1.45. The number of nitrogens with zero attached hydrogens (tertiary/aromatic N) is 2. The highest BCUT2D eigenvalue weighted by Crippen LogP contribution is 2.32. The molecule has 1 aromatic heterocycles. The molecule has 3 aromatic rings. The lowest BCUT2D eigenvalue weighted by Gasteiger charge is -2.39. The van der Waals surface area contributed by atoms with E-state index in [1.807, 2.05) is 18.2 Å². The third-order valence-electron chi connectivity index (χ3n) is 7.12. The Kier molecular flexibility index (Phi) is 8.75. The van der Waals surface area contributed by atoms with Crippen LogP contribution >= 0.6 is 11.6 Å². The Morgan fingerprint density at radius 1 is 1.19 bits per heavy atom. The number of hydrogen-bond acceptors (Lipinski definition) is 4. The van der Waals surface area contributed by atoms with Crippen molar-refractivity contribution in [1.82, 2.24) is 9.88 Å². The Morgan fingerprint density at radius 3 is 2.69 bits per heavy atom. The van der Waals surface area contributed by atoms with Crippen molar-refractivity contribution >= 4 is 28.5 Å². The first kappa shape index (κ1) is 26.3. The lowest BCUT2D eigenvalue weighted by atomic mass is 9.85. The van der Waals surface area contributed by atoms with Crippen molar-refractivity contribution < 1.29 is 23.4 Å². The van der Waals surface area contributed by atoms with Gasteiger partial charge in [-0.3, -0.25) is 9.78 Å². The fourth-order valence-corrected chi connectivity index (χ4v) is 5.58. The van der Waals surface area contributed by atoms with Gasteiger partial charge in [-0.05, 0) is 92.4 Å². The molecule has 2 atom stereocenters. The van der Waals surface area contributed by atoms with Crippen molar-refractivity contribution in [3.8, 4) is 5.75 Å². The van der Waals surface area contributed by atoms with Gasteiger partial charge >= 0.3 is 5.97 Å². The van der Waals surface area contributed by atoms with E-state index in [-0.39, 0.29) is 18.4 Å². The summed E-state index contributed by atoms with van der Waals surface area (Å²) in [5.74, 6) is -1.03. The number of carboxylic acid groups (broad SMARTS) is 1. The smallest absolute Gasteiger partial charge is 0.303 e. The number of aliphatic carboxylic acids is 1. The molecule has 36 heavy (non-hydrogen) atoms. The van der Waals surface area contributed by atoms with Crippen LogP contribution in [0.25, 0.3) is 10.9 Å². The molecule has 8 heteroatoms. The van der Waals surface area contributed by atoms with E-state index in [1.165, 1.54) is 12.1 Å². The second-order valence-corrected chi connectivity index (χ2v) is 9.97. The molecule has 2 aromatic carbocycles. The van der Waals surface area contributed by atoms with Crippen LogP contribution in [0.3, 0.4) is 0 Å². The molecule has 2 unspecified atom stereocenters. The molecule has 1 aliphatic heterocycles. The number of benzene rings is 2. The molecule has 1 fully saturated rings. The SMILES string of the molecule is COc1ccc2ncc(Cl)c(CCCC3CC(CC(=O)O)CCN3CCc3cc(F)cc(F)c3)c2c1. The van der Waals surface area contributed by atoms with E-state index in [4.69, 9.17) is 16.3 Å². The zero-order valence-corrected chi connectivity index (χ0v) is 21.1. The van der Waals surface area contributed by atoms with Crippen molar-refractivity contribution in [1.29, 1.82) is 0 Å². The molecular weight excluding hydrogens is 486 g/mol. The highest BCUT2D eigenvalue weighted by Gasteiger charge is 2.29. The Labute approximate surface area is 215 Å². The van der Waals surface area contributed by atoms with Gasteiger partial charge in [-0.25, -0.2) is 8.78 Å². The molecule has 0 bridgehead atoms. The predicted octanol–water partition coefficient (Wildman–Crippen LogP) is 6.30. The third-order valence-corrected chi connectivity index (χ3v) is 7.44. The van der Waals surface area contributed by atoms with Gasteiger partial charge in [0, 0.05) is 36.7 Å². The number of rotatable bonds is 10. The van der Waals surface area contributed by atoms with Crippen LogP contribution < -0.4 is 4.74 Å². The normalized spacial score (nSPS) is 18.4. The molecule has 0 radical (unpaired) electrons. The summed E-state index contributed by atoms with van der Waals surface area (Å²) >= 11 is 6.53. The van der Waals surface area contributed by atoms with Crippen LogP contribution in [0, 0.1) is 17.6 Å². The van der Waals surface area contributed by atoms with E-state index in [2.05, 4.69) is 9.88 Å². The number of carbonyl (C=O) groups is 1. The molecule has 2 heterocycles. The van der Waals surface area contributed by atoms with Crippen LogP contribution in [0.2, 0.25) is 5.02 Å². The van der Waals surface area contributed by atoms with Gasteiger partial charge < -0.3 is 14.7 Å². The minimum atomic E-state index is -0.772. The zero-order chi connectivity index (χ0) is 25.7. The summed E-state index contributed by atoms with van der Waals surface area (Å²) in [5.41, 5.74) is 2.52. The molecule has 1 saturated heterocycles. The quantitative estimate of drug-likeness (QED) is 0.343. The number of fused-ring (bicyclic) bond motifs is 1. The summed E-state index contributed by atoms with van der Waals surface area (Å²) in [6, 6.07) is 9.58. The van der Waals surface area contributed by atoms with Gasteiger partial charge in [0.1, 0.15) is 17.4 Å². The number of aryl methyl sites for hydroxylation is 1. The summed E-state index contributed by atoms with van der Waals surface area (Å²) < 4.78 is 32.6. The molecule has 0 saturated carbocycles. The van der Waals surface area contributed by atoms with Crippen molar-refractivity contribution in [2.75, 3.05) is 20.2 Å². The van der Waals surface area contributed by atoms with E-state index in [9.17, 15) is 18.7 Å². The number of aromatic nitrogens is 1. The van der Waals surface area contributed by atoms with Crippen LogP contribution in [-0.2, 0) is 17.6 Å². The maximum absolute atomic E-state index is 13.6. The largest absolute Gasteiger partial charge is 0.497 e. The van der Waals surface area contributed by atoms with E-state index < -0.39 is 17.6 Å². The fraction of sp³-hybridized carbons (Fsp3) is 0.429. The molecule has 192 valence electrons. The number of pyridine rings is 1. The van der Waals surface area contributed by atoms with Crippen molar-refractivity contribution in [3.63, 3.8) is 0 Å². The number of ether oxygens (including phenoxy) is 1. The van der Waals surface area contributed by atoms with Gasteiger partial charge in [-0.15, -0.1) is 0 Å². The predicted molar refractivity (Wildman–Crippen MR) is 137 cm³/mol. The maximum Gasteiger partial charge on any atom is 0.303 e. The summed E-state index contributed by atoms with van der Waals surface area (Å²) in [4.78, 5) is 18.1. The summed E-state index contributed by atoms with van der Waals surface area (Å²) in [7, 11) is 1.63. The fourth-order valence-electron chi connectivity index (χ4n) is 5.34. The Bertz CT molecular complexity index is 1200. The summed E-state index contributed by atoms with van der Waals surface area (Å²) in [5, 5.41) is 10.9. The number of hydrogen-bond donors (Lipinski definition) is 1. The van der Waals surface area contributed by atoms with Gasteiger partial charge in [0.2, 0.25) is 0 Å². The molecule has 0 aliphatic carbocycles. The second kappa shape index (κ2) is 12.0. The number of carboxylic acids is 1. The minimum absolute atomic E-state index is 0.130. The third kappa shape index (κ3) is 6.71. The van der Waals surface area contributed by atoms with Gasteiger partial charge in [0.05, 0.1) is 17.6 Å². The molecule has 0 amide bonds. The highest BCUT2D eigenvalue weighted by molar-refractivity contribution is 6.32. The van der Waals surface area contributed by atoms with Crippen LogP contribution in [0.1, 0.15) is 43.2 Å². The Morgan fingerprint density at radius 2 is 1.97 bits per heavy atom. The lowest BCUT2D eigenvalue weighted by molar-refractivity contribution is -0.138. The number of halogens is 3. The molecule has 0 spiro atoms. The summed E-state index contributed by atoms with van der Waals surface area (Å²) in [6.45, 7) is 1.44. The molecule has 5 nitrogen and oxygen atoms in total. The Hall–Kier alpha value is -2.77. The van der Waals surface area contributed by atoms with Crippen LogP contribution in [-0.4, -0.2) is 47.2 Å². The molecule has 1 aliphatic rings. The van der Waals surface area contributed by atoms with E-state index in [0.29, 0.717) is 23.6 Å². The van der Waals surface area contributed by atoms with Gasteiger partial charge in [0.25, 0.3) is 0 Å². The first-order valence-electron chi connectivity index (χ1n) is 12.3. The van der Waals surface area contributed by atoms with Crippen molar-refractivity contribution in [2.24, 2.45) is 5.92 Å². The number of likely N-dealkylation sites (tertiary alicyclic amines) is 1. The zero-order valence-electron chi connectivity index (χ0n) is 20.4. The van der Waals surface area contributed by atoms with E-state index >= 15 is 0 Å². The molecule has 4 rings (SSSR count). The summed E-state index contributed by atoms with van der Waals surface area (Å²) in [6.07, 6.45) is 6.48. The average Bonchev–Trinajstić information content (AvgIpc) is 2.83. The van der Waals surface area contributed by atoms with Gasteiger partial charge in [-0.2, -0.15) is 0 Å². The number of piperidine rings is 1. The molecule has 1 N–H and O–H groups in total. The topological polar surface area (TPSA) is 62.7 Å². The standard InChI is InChI=1S/C28H31ClF2N2O3/c1-36-23-5-6-27-25(16-23)24(26(29)17-32-27)4-2-3-22-13-19(14-28(34)35)8-10-33(22)9-7-18-11-20(30)15-21(31)12-18/h5-6,11-12,15-17,19,22H,2-4,7-10,13-14H2,1H3,(H,34,35). The van der Waals surface area contributed by atoms with E-state index in [1.54, 1.807) is 13.3 Å². The first-order valence-corrected chi connectivity index (χ1v) is 12.7. The van der Waals surface area contributed by atoms with Crippen molar-refractivity contribution in [2.45, 2.75) is 51.0 Å². The highest BCUT2D eigenvalue weighted by atomic mass is 35.5. The van der Waals surface area contributed by atoms with Crippen LogP contribution in [0.15, 0.2) is 42.6 Å². The number of methoxy groups -OCH3 is 1. The van der Waals surface area contributed by atoms with Crippen LogP contribution in [0.4, 0.5) is 8.78 Å². The average molecular weight is 517 g/mol.